The van der Waals surface area contributed by atoms with E-state index in [1.807, 2.05) is 24.3 Å². The summed E-state index contributed by atoms with van der Waals surface area (Å²) in [6.45, 7) is 9.06. The van der Waals surface area contributed by atoms with Crippen LogP contribution in [-0.2, 0) is 0 Å². The zero-order valence-electron chi connectivity index (χ0n) is 13.2. The summed E-state index contributed by atoms with van der Waals surface area (Å²) in [5, 5.41) is 4.26. The molecule has 3 rings (SSSR count). The van der Waals surface area contributed by atoms with Gasteiger partial charge >= 0.3 is 0 Å². The van der Waals surface area contributed by atoms with Crippen LogP contribution < -0.4 is 10.5 Å². The molecule has 1 fully saturated rings. The lowest BCUT2D eigenvalue weighted by atomic mass is 9.99. The molecular weight excluding hydrogens is 264 g/mol. The van der Waals surface area contributed by atoms with Gasteiger partial charge in [-0.15, -0.1) is 0 Å². The second-order valence-electron chi connectivity index (χ2n) is 6.91. The van der Waals surface area contributed by atoms with Crippen LogP contribution in [0.5, 0.6) is 5.75 Å². The number of anilines is 1. The molecule has 4 nitrogen and oxygen atoms in total. The molecule has 1 aromatic carbocycles. The molecule has 0 radical (unpaired) electrons. The van der Waals surface area contributed by atoms with E-state index in [9.17, 15) is 0 Å². The van der Waals surface area contributed by atoms with E-state index in [1.54, 1.807) is 7.11 Å². The number of aromatic nitrogens is 1. The molecule has 1 aromatic heterocycles. The Bertz CT molecular complexity index is 655. The minimum atomic E-state index is 0.192. The second kappa shape index (κ2) is 4.26. The molecule has 0 aliphatic heterocycles. The summed E-state index contributed by atoms with van der Waals surface area (Å²) in [6, 6.07) is 7.84. The summed E-state index contributed by atoms with van der Waals surface area (Å²) >= 11 is 0. The molecule has 2 N–H and O–H groups in total. The first-order valence-electron chi connectivity index (χ1n) is 7.20. The highest BCUT2D eigenvalue weighted by Gasteiger charge is 2.67. The fourth-order valence-electron chi connectivity index (χ4n) is 3.44. The van der Waals surface area contributed by atoms with Crippen molar-refractivity contribution in [2.75, 3.05) is 12.8 Å². The third-order valence-corrected chi connectivity index (χ3v) is 5.42. The lowest BCUT2D eigenvalue weighted by molar-refractivity contribution is 0.415. The van der Waals surface area contributed by atoms with Gasteiger partial charge in [0.1, 0.15) is 5.75 Å². The highest BCUT2D eigenvalue weighted by molar-refractivity contribution is 5.76. The van der Waals surface area contributed by atoms with Crippen molar-refractivity contribution in [3.63, 3.8) is 0 Å². The zero-order chi connectivity index (χ0) is 15.4. The molecule has 1 saturated carbocycles. The maximum atomic E-state index is 6.03. The monoisotopic (exact) mass is 286 g/mol. The zero-order valence-corrected chi connectivity index (χ0v) is 13.2. The minimum Gasteiger partial charge on any atom is -0.497 e. The first kappa shape index (κ1) is 14.0. The van der Waals surface area contributed by atoms with E-state index in [-0.39, 0.29) is 10.8 Å². The fraction of sp³-hybridized carbons (Fsp3) is 0.471. The smallest absolute Gasteiger partial charge is 0.230 e. The van der Waals surface area contributed by atoms with Gasteiger partial charge in [0, 0.05) is 5.92 Å². The Morgan fingerprint density at radius 1 is 1.10 bits per heavy atom. The standard InChI is InChI=1S/C17H22N2O2/c1-16(2)14(17(16,3)4)13-12(15(18)21-19-13)10-6-8-11(20-5)9-7-10/h6-9,14H,18H2,1-5H3. The van der Waals surface area contributed by atoms with E-state index in [4.69, 9.17) is 15.0 Å². The summed E-state index contributed by atoms with van der Waals surface area (Å²) < 4.78 is 10.5. The molecule has 112 valence electrons. The van der Waals surface area contributed by atoms with E-state index >= 15 is 0 Å². The Hall–Kier alpha value is -1.97. The quantitative estimate of drug-likeness (QED) is 0.923. The maximum absolute atomic E-state index is 6.03. The fourth-order valence-corrected chi connectivity index (χ4v) is 3.44. The summed E-state index contributed by atoms with van der Waals surface area (Å²) in [7, 11) is 1.66. The first-order chi connectivity index (χ1) is 9.80. The van der Waals surface area contributed by atoms with Crippen molar-refractivity contribution in [2.24, 2.45) is 10.8 Å². The number of hydrogen-bond acceptors (Lipinski definition) is 4. The van der Waals surface area contributed by atoms with Crippen LogP contribution in [0.2, 0.25) is 0 Å². The lowest BCUT2D eigenvalue weighted by Gasteiger charge is -2.05. The largest absolute Gasteiger partial charge is 0.497 e. The summed E-state index contributed by atoms with van der Waals surface area (Å²) in [4.78, 5) is 0. The van der Waals surface area contributed by atoms with Crippen molar-refractivity contribution in [2.45, 2.75) is 33.6 Å². The van der Waals surface area contributed by atoms with Gasteiger partial charge in [-0.1, -0.05) is 45.0 Å². The Morgan fingerprint density at radius 3 is 2.14 bits per heavy atom. The number of nitrogen functional groups attached to an aromatic ring is 1. The molecule has 4 heteroatoms. The molecule has 1 aliphatic carbocycles. The number of hydrogen-bond donors (Lipinski definition) is 1. The second-order valence-corrected chi connectivity index (χ2v) is 6.91. The molecule has 0 bridgehead atoms. The topological polar surface area (TPSA) is 61.3 Å². The van der Waals surface area contributed by atoms with Gasteiger partial charge in [-0.3, -0.25) is 0 Å². The average Bonchev–Trinajstić information content (AvgIpc) is 2.72. The highest BCUT2D eigenvalue weighted by Crippen LogP contribution is 2.74. The predicted octanol–water partition coefficient (Wildman–Crippen LogP) is 4.08. The highest BCUT2D eigenvalue weighted by atomic mass is 16.5. The van der Waals surface area contributed by atoms with Gasteiger partial charge in [-0.25, -0.2) is 0 Å². The molecule has 0 unspecified atom stereocenters. The van der Waals surface area contributed by atoms with Crippen LogP contribution in [0.4, 0.5) is 5.88 Å². The Morgan fingerprint density at radius 2 is 1.67 bits per heavy atom. The predicted molar refractivity (Wildman–Crippen MR) is 83.2 cm³/mol. The van der Waals surface area contributed by atoms with Crippen LogP contribution in [0, 0.1) is 10.8 Å². The lowest BCUT2D eigenvalue weighted by Crippen LogP contribution is -1.95. The Labute approximate surface area is 125 Å². The number of nitrogens with two attached hydrogens (primary N) is 1. The molecule has 2 aromatic rings. The van der Waals surface area contributed by atoms with Crippen LogP contribution >= 0.6 is 0 Å². The van der Waals surface area contributed by atoms with E-state index in [1.165, 1.54) is 0 Å². The molecule has 1 heterocycles. The summed E-state index contributed by atoms with van der Waals surface area (Å²) in [5.74, 6) is 1.55. The maximum Gasteiger partial charge on any atom is 0.230 e. The third-order valence-electron chi connectivity index (χ3n) is 5.42. The van der Waals surface area contributed by atoms with Crippen molar-refractivity contribution in [1.29, 1.82) is 0 Å². The van der Waals surface area contributed by atoms with Crippen molar-refractivity contribution in [1.82, 2.24) is 5.16 Å². The number of ether oxygens (including phenoxy) is 1. The molecular formula is C17H22N2O2. The third kappa shape index (κ3) is 1.85. The van der Waals surface area contributed by atoms with Crippen LogP contribution in [0.15, 0.2) is 28.8 Å². The van der Waals surface area contributed by atoms with Gasteiger partial charge in [0.2, 0.25) is 5.88 Å². The number of benzene rings is 1. The van der Waals surface area contributed by atoms with E-state index < -0.39 is 0 Å². The van der Waals surface area contributed by atoms with Crippen molar-refractivity contribution >= 4 is 5.88 Å². The van der Waals surface area contributed by atoms with Gasteiger partial charge in [0.25, 0.3) is 0 Å². The average molecular weight is 286 g/mol. The van der Waals surface area contributed by atoms with Crippen molar-refractivity contribution in [3.8, 4) is 16.9 Å². The normalized spacial score (nSPS) is 19.5. The molecule has 0 amide bonds. The molecule has 0 atom stereocenters. The van der Waals surface area contributed by atoms with Crippen LogP contribution in [0.25, 0.3) is 11.1 Å². The van der Waals surface area contributed by atoms with Crippen LogP contribution in [0.1, 0.15) is 39.3 Å². The molecule has 1 aliphatic rings. The van der Waals surface area contributed by atoms with Gasteiger partial charge in [-0.05, 0) is 28.5 Å². The first-order valence-corrected chi connectivity index (χ1v) is 7.20. The van der Waals surface area contributed by atoms with Gasteiger partial charge in [0.15, 0.2) is 0 Å². The van der Waals surface area contributed by atoms with Crippen molar-refractivity contribution in [3.05, 3.63) is 30.0 Å². The van der Waals surface area contributed by atoms with Crippen molar-refractivity contribution < 1.29 is 9.26 Å². The van der Waals surface area contributed by atoms with Gasteiger partial charge in [-0.2, -0.15) is 0 Å². The molecule has 21 heavy (non-hydrogen) atoms. The summed E-state index contributed by atoms with van der Waals surface area (Å²) in [6.07, 6.45) is 0. The molecule has 0 saturated heterocycles. The molecule has 0 spiro atoms. The van der Waals surface area contributed by atoms with E-state index in [2.05, 4.69) is 32.9 Å². The van der Waals surface area contributed by atoms with Gasteiger partial charge < -0.3 is 15.0 Å². The number of nitrogens with zero attached hydrogens (tertiary/aromatic N) is 1. The van der Waals surface area contributed by atoms with E-state index in [0.717, 1.165) is 22.6 Å². The Balaban J connectivity index is 2.06. The van der Waals surface area contributed by atoms with Gasteiger partial charge in [0.05, 0.1) is 18.4 Å². The van der Waals surface area contributed by atoms with Crippen LogP contribution in [0.3, 0.4) is 0 Å². The van der Waals surface area contributed by atoms with Crippen LogP contribution in [-0.4, -0.2) is 12.3 Å². The number of methoxy groups -OCH3 is 1. The minimum absolute atomic E-state index is 0.192. The summed E-state index contributed by atoms with van der Waals surface area (Å²) in [5.41, 5.74) is 9.31. The number of rotatable bonds is 3. The van der Waals surface area contributed by atoms with E-state index in [0.29, 0.717) is 11.8 Å². The Kier molecular flexibility index (Phi) is 2.84. The SMILES string of the molecule is COc1ccc(-c2c(C3C(C)(C)C3(C)C)noc2N)cc1.